The Morgan fingerprint density at radius 3 is 2.74 bits per heavy atom. The topological polar surface area (TPSA) is 96.8 Å². The van der Waals surface area contributed by atoms with Crippen molar-refractivity contribution in [1.82, 2.24) is 14.5 Å². The third kappa shape index (κ3) is 3.27. The summed E-state index contributed by atoms with van der Waals surface area (Å²) in [5, 5.41) is 4.45. The van der Waals surface area contributed by atoms with Gasteiger partial charge in [-0.3, -0.25) is 19.1 Å². The molecule has 0 aromatic carbocycles. The fraction of sp³-hybridized carbons (Fsp3) is 0.0667. The van der Waals surface area contributed by atoms with Crippen molar-refractivity contribution in [2.24, 2.45) is 0 Å². The highest BCUT2D eigenvalue weighted by molar-refractivity contribution is 7.09. The Morgan fingerprint density at radius 2 is 2.04 bits per heavy atom. The van der Waals surface area contributed by atoms with Crippen LogP contribution in [0.4, 0.5) is 5.69 Å². The third-order valence-electron chi connectivity index (χ3n) is 3.14. The van der Waals surface area contributed by atoms with Crippen LogP contribution in [-0.2, 0) is 6.54 Å². The van der Waals surface area contributed by atoms with Gasteiger partial charge in [0, 0.05) is 29.2 Å². The van der Waals surface area contributed by atoms with Crippen molar-refractivity contribution in [3.8, 4) is 0 Å². The molecule has 0 aliphatic rings. The zero-order valence-electron chi connectivity index (χ0n) is 11.9. The highest BCUT2D eigenvalue weighted by atomic mass is 32.1. The van der Waals surface area contributed by atoms with Gasteiger partial charge in [-0.05, 0) is 23.6 Å². The molecule has 2 N–H and O–H groups in total. The van der Waals surface area contributed by atoms with Crippen molar-refractivity contribution in [2.45, 2.75) is 6.54 Å². The van der Waals surface area contributed by atoms with Gasteiger partial charge >= 0.3 is 5.69 Å². The number of hydrogen-bond donors (Lipinski definition) is 2. The second-order valence-corrected chi connectivity index (χ2v) is 5.70. The molecule has 3 rings (SSSR count). The minimum atomic E-state index is -0.631. The fourth-order valence-corrected chi connectivity index (χ4v) is 2.70. The van der Waals surface area contributed by atoms with Crippen molar-refractivity contribution in [1.29, 1.82) is 0 Å². The average Bonchev–Trinajstić information content (AvgIpc) is 3.05. The zero-order chi connectivity index (χ0) is 16.2. The number of rotatable bonds is 4. The lowest BCUT2D eigenvalue weighted by Crippen LogP contribution is -2.39. The van der Waals surface area contributed by atoms with Crippen LogP contribution in [0.25, 0.3) is 0 Å². The van der Waals surface area contributed by atoms with Gasteiger partial charge in [0.1, 0.15) is 5.56 Å². The summed E-state index contributed by atoms with van der Waals surface area (Å²) >= 11 is 1.43. The summed E-state index contributed by atoms with van der Waals surface area (Å²) in [5.74, 6) is -0.586. The standard InChI is InChI=1S/C15H12N4O3S/c20-13(18-10-3-5-16-6-4-10)12-8-17-15(22)19(14(12)21)9-11-2-1-7-23-11/h1-8H,9H2,(H,17,22)(H,16,18,20). The second-order valence-electron chi connectivity index (χ2n) is 4.67. The summed E-state index contributed by atoms with van der Waals surface area (Å²) in [6, 6.07) is 6.86. The number of nitrogens with zero attached hydrogens (tertiary/aromatic N) is 2. The van der Waals surface area contributed by atoms with Gasteiger partial charge in [-0.15, -0.1) is 11.3 Å². The van der Waals surface area contributed by atoms with E-state index in [1.165, 1.54) is 23.7 Å². The van der Waals surface area contributed by atoms with Crippen LogP contribution < -0.4 is 16.6 Å². The van der Waals surface area contributed by atoms with E-state index in [4.69, 9.17) is 0 Å². The number of carbonyl (C=O) groups excluding carboxylic acids is 1. The number of pyridine rings is 1. The van der Waals surface area contributed by atoms with Crippen molar-refractivity contribution in [3.63, 3.8) is 0 Å². The van der Waals surface area contributed by atoms with Crippen LogP contribution >= 0.6 is 11.3 Å². The largest absolute Gasteiger partial charge is 0.328 e. The molecule has 1 amide bonds. The predicted octanol–water partition coefficient (Wildman–Crippen LogP) is 1.29. The molecule has 3 heterocycles. The van der Waals surface area contributed by atoms with Crippen LogP contribution in [0.3, 0.4) is 0 Å². The molecule has 3 aromatic heterocycles. The number of thiophene rings is 1. The zero-order valence-corrected chi connectivity index (χ0v) is 12.7. The number of H-pyrrole nitrogens is 1. The molecular weight excluding hydrogens is 316 g/mol. The second kappa shape index (κ2) is 6.41. The van der Waals surface area contributed by atoms with Crippen LogP contribution in [0.15, 0.2) is 57.8 Å². The lowest BCUT2D eigenvalue weighted by Gasteiger charge is -2.07. The fourth-order valence-electron chi connectivity index (χ4n) is 2.01. The van der Waals surface area contributed by atoms with Crippen LogP contribution in [0, 0.1) is 0 Å². The van der Waals surface area contributed by atoms with E-state index in [1.54, 1.807) is 12.1 Å². The molecule has 0 radical (unpaired) electrons. The highest BCUT2D eigenvalue weighted by Crippen LogP contribution is 2.09. The van der Waals surface area contributed by atoms with Gasteiger partial charge in [-0.25, -0.2) is 4.79 Å². The molecular formula is C15H12N4O3S. The number of amides is 1. The van der Waals surface area contributed by atoms with Gasteiger partial charge in [-0.2, -0.15) is 0 Å². The number of nitrogens with one attached hydrogen (secondary N) is 2. The van der Waals surface area contributed by atoms with Crippen LogP contribution in [0.2, 0.25) is 0 Å². The Hall–Kier alpha value is -3.00. The summed E-state index contributed by atoms with van der Waals surface area (Å²) < 4.78 is 1.01. The highest BCUT2D eigenvalue weighted by Gasteiger charge is 2.15. The molecule has 23 heavy (non-hydrogen) atoms. The Bertz CT molecular complexity index is 929. The maximum Gasteiger partial charge on any atom is 0.328 e. The Morgan fingerprint density at radius 1 is 1.26 bits per heavy atom. The molecule has 0 bridgehead atoms. The molecule has 0 saturated heterocycles. The summed E-state index contributed by atoms with van der Waals surface area (Å²) in [5.41, 5.74) is -0.795. The van der Waals surface area contributed by atoms with Gasteiger partial charge in [-0.1, -0.05) is 6.07 Å². The van der Waals surface area contributed by atoms with Gasteiger partial charge in [0.05, 0.1) is 6.54 Å². The molecule has 8 heteroatoms. The molecule has 0 unspecified atom stereocenters. The van der Waals surface area contributed by atoms with E-state index in [9.17, 15) is 14.4 Å². The molecule has 0 aliphatic carbocycles. The van der Waals surface area contributed by atoms with Crippen molar-refractivity contribution in [3.05, 3.63) is 79.5 Å². The van der Waals surface area contributed by atoms with Gasteiger partial charge in [0.25, 0.3) is 11.5 Å². The summed E-state index contributed by atoms with van der Waals surface area (Å²) in [7, 11) is 0. The minimum Gasteiger partial charge on any atom is -0.322 e. The number of aromatic nitrogens is 3. The molecule has 0 saturated carbocycles. The first-order valence-electron chi connectivity index (χ1n) is 6.71. The third-order valence-corrected chi connectivity index (χ3v) is 4.00. The first-order chi connectivity index (χ1) is 11.1. The molecule has 7 nitrogen and oxygen atoms in total. The van der Waals surface area contributed by atoms with Gasteiger partial charge in [0.15, 0.2) is 0 Å². The maximum absolute atomic E-state index is 12.4. The number of aromatic amines is 1. The van der Waals surface area contributed by atoms with Gasteiger partial charge in [0.2, 0.25) is 0 Å². The van der Waals surface area contributed by atoms with E-state index >= 15 is 0 Å². The van der Waals surface area contributed by atoms with E-state index in [2.05, 4.69) is 15.3 Å². The lowest BCUT2D eigenvalue weighted by molar-refractivity contribution is 0.102. The minimum absolute atomic E-state index is 0.127. The quantitative estimate of drug-likeness (QED) is 0.754. The predicted molar refractivity (Wildman–Crippen MR) is 86.9 cm³/mol. The van der Waals surface area contributed by atoms with Crippen molar-refractivity contribution < 1.29 is 4.79 Å². The van der Waals surface area contributed by atoms with Crippen molar-refractivity contribution in [2.75, 3.05) is 5.32 Å². The molecule has 3 aromatic rings. The summed E-state index contributed by atoms with van der Waals surface area (Å²) in [6.45, 7) is 0.127. The molecule has 0 spiro atoms. The lowest BCUT2D eigenvalue weighted by atomic mass is 10.3. The van der Waals surface area contributed by atoms with Crippen molar-refractivity contribution >= 4 is 22.9 Å². The first kappa shape index (κ1) is 14.9. The monoisotopic (exact) mass is 328 g/mol. The van der Waals surface area contributed by atoms with E-state index in [-0.39, 0.29) is 12.1 Å². The van der Waals surface area contributed by atoms with Gasteiger partial charge < -0.3 is 10.3 Å². The number of carbonyl (C=O) groups is 1. The SMILES string of the molecule is O=C(Nc1ccncc1)c1c[nH]c(=O)n(Cc2cccs2)c1=O. The first-order valence-corrected chi connectivity index (χ1v) is 7.59. The smallest absolute Gasteiger partial charge is 0.322 e. The summed E-state index contributed by atoms with van der Waals surface area (Å²) in [4.78, 5) is 43.7. The van der Waals surface area contributed by atoms with E-state index in [1.807, 2.05) is 17.5 Å². The Kier molecular flexibility index (Phi) is 4.15. The van der Waals surface area contributed by atoms with Crippen LogP contribution in [0.5, 0.6) is 0 Å². The average molecular weight is 328 g/mol. The van der Waals surface area contributed by atoms with E-state index in [0.717, 1.165) is 15.6 Å². The molecule has 116 valence electrons. The summed E-state index contributed by atoms with van der Waals surface area (Å²) in [6.07, 6.45) is 4.18. The Labute approximate surface area is 134 Å². The van der Waals surface area contributed by atoms with E-state index in [0.29, 0.717) is 5.69 Å². The molecule has 0 fully saturated rings. The Balaban J connectivity index is 1.93. The maximum atomic E-state index is 12.4. The molecule has 0 atom stereocenters. The van der Waals surface area contributed by atoms with Crippen LogP contribution in [-0.4, -0.2) is 20.4 Å². The van der Waals surface area contributed by atoms with E-state index < -0.39 is 17.2 Å². The number of anilines is 1. The number of hydrogen-bond acceptors (Lipinski definition) is 5. The molecule has 0 aliphatic heterocycles. The van der Waals surface area contributed by atoms with Crippen LogP contribution in [0.1, 0.15) is 15.2 Å². The normalized spacial score (nSPS) is 10.4.